The van der Waals surface area contributed by atoms with Crippen molar-refractivity contribution in [3.63, 3.8) is 0 Å². The van der Waals surface area contributed by atoms with Gasteiger partial charge in [0.15, 0.2) is 0 Å². The summed E-state index contributed by atoms with van der Waals surface area (Å²) in [7, 11) is 2.16. The van der Waals surface area contributed by atoms with Crippen molar-refractivity contribution >= 4 is 27.5 Å². The van der Waals surface area contributed by atoms with Gasteiger partial charge in [-0.2, -0.15) is 5.26 Å². The van der Waals surface area contributed by atoms with Gasteiger partial charge < -0.3 is 4.90 Å². The van der Waals surface area contributed by atoms with Crippen LogP contribution in [0, 0.1) is 29.1 Å². The zero-order valence-electron chi connectivity index (χ0n) is 21.6. The van der Waals surface area contributed by atoms with Crippen LogP contribution in [0.2, 0.25) is 0 Å². The first kappa shape index (κ1) is 28.2. The van der Waals surface area contributed by atoms with E-state index in [-0.39, 0.29) is 0 Å². The Bertz CT molecular complexity index is 1170. The monoisotopic (exact) mass is 563 g/mol. The van der Waals surface area contributed by atoms with Crippen LogP contribution < -0.4 is 0 Å². The van der Waals surface area contributed by atoms with Crippen LogP contribution in [0.4, 0.5) is 0 Å². The molecule has 0 saturated carbocycles. The van der Waals surface area contributed by atoms with E-state index in [1.165, 1.54) is 24.0 Å². The Morgan fingerprint density at radius 2 is 2.08 bits per heavy atom. The van der Waals surface area contributed by atoms with Crippen molar-refractivity contribution in [3.05, 3.63) is 87.2 Å². The fourth-order valence-corrected chi connectivity index (χ4v) is 5.19. The fourth-order valence-electron chi connectivity index (χ4n) is 4.75. The van der Waals surface area contributed by atoms with E-state index in [0.29, 0.717) is 24.4 Å². The third kappa shape index (κ3) is 7.57. The van der Waals surface area contributed by atoms with Crippen LogP contribution >= 0.6 is 27.5 Å². The van der Waals surface area contributed by atoms with Gasteiger partial charge in [-0.3, -0.25) is 4.98 Å². The van der Waals surface area contributed by atoms with Gasteiger partial charge in [-0.25, -0.2) is 0 Å². The zero-order chi connectivity index (χ0) is 26.1. The van der Waals surface area contributed by atoms with Crippen LogP contribution in [0.25, 0.3) is 0 Å². The molecule has 3 aliphatic rings. The van der Waals surface area contributed by atoms with Gasteiger partial charge in [0.1, 0.15) is 0 Å². The van der Waals surface area contributed by atoms with Crippen molar-refractivity contribution in [1.29, 1.82) is 5.26 Å². The molecule has 1 aromatic rings. The second kappa shape index (κ2) is 13.3. The molecule has 4 atom stereocenters. The van der Waals surface area contributed by atoms with Crippen molar-refractivity contribution in [2.24, 2.45) is 5.92 Å². The van der Waals surface area contributed by atoms with Gasteiger partial charge in [-0.05, 0) is 99.3 Å². The average Bonchev–Trinajstić information content (AvgIpc) is 3.04. The number of nitriles is 1. The number of aromatic nitrogens is 1. The van der Waals surface area contributed by atoms with E-state index in [2.05, 4.69) is 95.0 Å². The summed E-state index contributed by atoms with van der Waals surface area (Å²) in [5, 5.41) is 10.5. The number of hydrogen-bond donors (Lipinski definition) is 0. The molecule has 1 saturated heterocycles. The minimum absolute atomic E-state index is 0.427. The molecule has 1 fully saturated rings. The fraction of sp³-hybridized carbons (Fsp3) is 0.419. The first-order chi connectivity index (χ1) is 17.2. The lowest BCUT2D eigenvalue weighted by molar-refractivity contribution is 0.223. The molecule has 4 unspecified atom stereocenters. The summed E-state index contributed by atoms with van der Waals surface area (Å²) in [6.45, 7) is 6.41. The molecule has 0 radical (unpaired) electrons. The summed E-state index contributed by atoms with van der Waals surface area (Å²) in [5.41, 5.74) is 2.91. The molecule has 4 rings (SSSR count). The van der Waals surface area contributed by atoms with Gasteiger partial charge in [-0.15, -0.1) is 0 Å². The molecular weight excluding hydrogens is 530 g/mol. The van der Waals surface area contributed by atoms with Gasteiger partial charge in [0.05, 0.1) is 17.2 Å². The van der Waals surface area contributed by atoms with E-state index in [1.54, 1.807) is 6.20 Å². The Hall–Kier alpha value is -2.37. The van der Waals surface area contributed by atoms with Gasteiger partial charge in [0.2, 0.25) is 0 Å². The third-order valence-electron chi connectivity index (χ3n) is 7.38. The Morgan fingerprint density at radius 3 is 2.75 bits per heavy atom. The maximum atomic E-state index is 9.60. The summed E-state index contributed by atoms with van der Waals surface area (Å²) in [6.07, 6.45) is 21.2. The molecule has 5 heteroatoms. The van der Waals surface area contributed by atoms with Gasteiger partial charge >= 0.3 is 0 Å². The van der Waals surface area contributed by atoms with E-state index < -0.39 is 5.41 Å². The third-order valence-corrected chi connectivity index (χ3v) is 8.23. The molecule has 0 N–H and O–H groups in total. The minimum atomic E-state index is -0.510. The largest absolute Gasteiger partial charge is 0.301 e. The highest BCUT2D eigenvalue weighted by Crippen LogP contribution is 2.34. The van der Waals surface area contributed by atoms with Crippen molar-refractivity contribution < 1.29 is 0 Å². The number of hydrogen-bond acceptors (Lipinski definition) is 3. The molecule has 188 valence electrons. The summed E-state index contributed by atoms with van der Waals surface area (Å²) >= 11 is 9.65. The smallest absolute Gasteiger partial charge is 0.0979 e. The van der Waals surface area contributed by atoms with E-state index >= 15 is 0 Å². The van der Waals surface area contributed by atoms with E-state index in [1.807, 2.05) is 31.2 Å². The molecule has 2 heterocycles. The summed E-state index contributed by atoms with van der Waals surface area (Å²) < 4.78 is 0.947. The molecule has 1 aromatic heterocycles. The van der Waals surface area contributed by atoms with Crippen LogP contribution in [-0.4, -0.2) is 29.0 Å². The lowest BCUT2D eigenvalue weighted by atomic mass is 9.81. The Morgan fingerprint density at radius 1 is 1.28 bits per heavy atom. The molecule has 3 nitrogen and oxygen atoms in total. The standard InChI is InChI=1S/C16H15Cl.C15H20BrN3/c1-13-8-4-2-5-9-14(13)12-15-10-6-3-7-11-16(15)17;1-11-4-6-13(19(11)3)8-15(2,10-17)14-7-5-12(16)9-18-14/h2,4-6,8-10,14H,11-12H2,1H3;5,7,9,11,13H,4,6,8H2,1-3H3. The molecule has 0 aromatic carbocycles. The predicted molar refractivity (Wildman–Crippen MR) is 154 cm³/mol. The highest BCUT2D eigenvalue weighted by Gasteiger charge is 2.36. The quantitative estimate of drug-likeness (QED) is 0.340. The number of nitrogens with zero attached hydrogens (tertiary/aromatic N) is 3. The highest BCUT2D eigenvalue weighted by atomic mass is 79.9. The Kier molecular flexibility index (Phi) is 10.4. The van der Waals surface area contributed by atoms with Gasteiger partial charge in [0.25, 0.3) is 0 Å². The molecule has 0 amide bonds. The first-order valence-electron chi connectivity index (χ1n) is 12.5. The Balaban J connectivity index is 0.000000202. The van der Waals surface area contributed by atoms with Crippen molar-refractivity contribution in [2.75, 3.05) is 7.05 Å². The lowest BCUT2D eigenvalue weighted by Gasteiger charge is -2.30. The number of allylic oxidation sites excluding steroid dienone is 10. The predicted octanol–water partition coefficient (Wildman–Crippen LogP) is 8.02. The number of likely N-dealkylation sites (tertiary alicyclic amines) is 1. The molecular formula is C31H35BrClN3. The number of rotatable bonds is 5. The van der Waals surface area contributed by atoms with Crippen molar-refractivity contribution in [1.82, 2.24) is 9.88 Å². The van der Waals surface area contributed by atoms with Crippen LogP contribution in [0.3, 0.4) is 0 Å². The van der Waals surface area contributed by atoms with E-state index in [4.69, 9.17) is 11.6 Å². The zero-order valence-corrected chi connectivity index (χ0v) is 24.0. The molecule has 0 spiro atoms. The molecule has 0 bridgehead atoms. The number of halogens is 2. The highest BCUT2D eigenvalue weighted by molar-refractivity contribution is 9.10. The number of pyridine rings is 1. The molecule has 1 aliphatic heterocycles. The van der Waals surface area contributed by atoms with Crippen LogP contribution in [0.1, 0.15) is 58.6 Å². The maximum Gasteiger partial charge on any atom is 0.0979 e. The van der Waals surface area contributed by atoms with Crippen LogP contribution in [0.5, 0.6) is 0 Å². The lowest BCUT2D eigenvalue weighted by Crippen LogP contribution is -2.36. The summed E-state index contributed by atoms with van der Waals surface area (Å²) in [4.78, 5) is 6.82. The summed E-state index contributed by atoms with van der Waals surface area (Å²) in [5.74, 6) is 6.41. The van der Waals surface area contributed by atoms with Gasteiger partial charge in [0, 0.05) is 40.1 Å². The topological polar surface area (TPSA) is 39.9 Å². The van der Waals surface area contributed by atoms with Crippen molar-refractivity contribution in [2.45, 2.75) is 70.4 Å². The van der Waals surface area contributed by atoms with Crippen LogP contribution in [-0.2, 0) is 5.41 Å². The average molecular weight is 565 g/mol. The second-order valence-electron chi connectivity index (χ2n) is 10.0. The maximum absolute atomic E-state index is 9.60. The molecule has 2 aliphatic carbocycles. The SMILES string of the molecule is CC1=CC=CC=CC1CC1=C(Cl)CC#CC=C1.CC1CCC(CC(C)(C#N)c2ccc(Br)cn2)N1C. The van der Waals surface area contributed by atoms with Crippen molar-refractivity contribution in [3.8, 4) is 17.9 Å². The second-order valence-corrected chi connectivity index (χ2v) is 11.4. The van der Waals surface area contributed by atoms with Crippen LogP contribution in [0.15, 0.2) is 81.5 Å². The normalized spacial score (nSPS) is 24.9. The Labute approximate surface area is 230 Å². The minimum Gasteiger partial charge on any atom is -0.301 e. The van der Waals surface area contributed by atoms with Gasteiger partial charge in [-0.1, -0.05) is 59.4 Å². The molecule has 36 heavy (non-hydrogen) atoms. The summed E-state index contributed by atoms with van der Waals surface area (Å²) in [6, 6.07) is 7.47. The van der Waals surface area contributed by atoms with E-state index in [0.717, 1.165) is 28.0 Å². The first-order valence-corrected chi connectivity index (χ1v) is 13.7. The van der Waals surface area contributed by atoms with E-state index in [9.17, 15) is 5.26 Å².